The van der Waals surface area contributed by atoms with Gasteiger partial charge in [0.1, 0.15) is 17.8 Å². The number of hydrogen-bond donors (Lipinski definition) is 1. The van der Waals surface area contributed by atoms with E-state index in [1.807, 2.05) is 30.3 Å². The Kier molecular flexibility index (Phi) is 6.11. The molecule has 1 aliphatic heterocycles. The van der Waals surface area contributed by atoms with Crippen molar-refractivity contribution in [3.05, 3.63) is 83.8 Å². The van der Waals surface area contributed by atoms with E-state index in [1.165, 1.54) is 12.1 Å². The lowest BCUT2D eigenvalue weighted by molar-refractivity contribution is -0.132. The number of halogens is 1. The van der Waals surface area contributed by atoms with Crippen LogP contribution in [0.2, 0.25) is 0 Å². The zero-order chi connectivity index (χ0) is 20.1. The summed E-state index contributed by atoms with van der Waals surface area (Å²) in [4.78, 5) is 15.7. The molecule has 1 aliphatic rings. The first kappa shape index (κ1) is 19.6. The minimum atomic E-state index is -0.870. The van der Waals surface area contributed by atoms with Crippen LogP contribution >= 0.6 is 0 Å². The van der Waals surface area contributed by atoms with Crippen molar-refractivity contribution in [3.8, 4) is 5.75 Å². The molecule has 28 heavy (non-hydrogen) atoms. The zero-order valence-electron chi connectivity index (χ0n) is 15.9. The van der Waals surface area contributed by atoms with Gasteiger partial charge in [-0.25, -0.2) is 4.39 Å². The van der Waals surface area contributed by atoms with Crippen LogP contribution in [0.1, 0.15) is 11.1 Å². The Morgan fingerprint density at radius 2 is 1.86 bits per heavy atom. The van der Waals surface area contributed by atoms with Gasteiger partial charge in [-0.3, -0.25) is 4.79 Å². The topological polar surface area (TPSA) is 53.0 Å². The van der Waals surface area contributed by atoms with Gasteiger partial charge in [0.2, 0.25) is 5.91 Å². The number of allylic oxidation sites excluding steroid dienone is 2. The normalized spacial score (nSPS) is 15.9. The van der Waals surface area contributed by atoms with Gasteiger partial charge in [0, 0.05) is 19.8 Å². The number of hydrogen-bond acceptors (Lipinski definition) is 4. The van der Waals surface area contributed by atoms with Gasteiger partial charge in [0.05, 0.1) is 13.7 Å². The van der Waals surface area contributed by atoms with Crippen LogP contribution in [0.25, 0.3) is 5.57 Å². The first-order valence-electron chi connectivity index (χ1n) is 8.93. The quantitative estimate of drug-likeness (QED) is 0.835. The molecule has 1 unspecified atom stereocenters. The molecular formula is C22H23FN2O3. The zero-order valence-corrected chi connectivity index (χ0v) is 15.9. The highest BCUT2D eigenvalue weighted by Crippen LogP contribution is 2.24. The summed E-state index contributed by atoms with van der Waals surface area (Å²) in [5.74, 6) is 0.305. The van der Waals surface area contributed by atoms with Crippen molar-refractivity contribution in [2.24, 2.45) is 0 Å². The second kappa shape index (κ2) is 8.71. The van der Waals surface area contributed by atoms with Crippen LogP contribution in [0, 0.1) is 5.82 Å². The van der Waals surface area contributed by atoms with E-state index in [-0.39, 0.29) is 18.3 Å². The second-order valence-electron chi connectivity index (χ2n) is 6.63. The molecule has 146 valence electrons. The Hall–Kier alpha value is -3.12. The van der Waals surface area contributed by atoms with Gasteiger partial charge in [-0.15, -0.1) is 0 Å². The van der Waals surface area contributed by atoms with E-state index in [0.717, 1.165) is 22.4 Å². The predicted molar refractivity (Wildman–Crippen MR) is 106 cm³/mol. The predicted octanol–water partition coefficient (Wildman–Crippen LogP) is 3.02. The Morgan fingerprint density at radius 3 is 2.50 bits per heavy atom. The van der Waals surface area contributed by atoms with Gasteiger partial charge in [0.25, 0.3) is 0 Å². The molecule has 0 aliphatic carbocycles. The molecule has 0 saturated heterocycles. The van der Waals surface area contributed by atoms with Gasteiger partial charge in [-0.05, 0) is 47.0 Å². The monoisotopic (exact) mass is 382 g/mol. The lowest BCUT2D eigenvalue weighted by Crippen LogP contribution is -2.40. The molecule has 1 atom stereocenters. The van der Waals surface area contributed by atoms with E-state index in [1.54, 1.807) is 48.4 Å². The Balaban J connectivity index is 1.67. The molecule has 0 radical (unpaired) electrons. The summed E-state index contributed by atoms with van der Waals surface area (Å²) in [7, 11) is 3.30. The highest BCUT2D eigenvalue weighted by atomic mass is 19.1. The third-order valence-corrected chi connectivity index (χ3v) is 4.59. The molecule has 1 N–H and O–H groups in total. The molecule has 0 spiro atoms. The molecule has 1 amide bonds. The summed E-state index contributed by atoms with van der Waals surface area (Å²) < 4.78 is 18.2. The van der Waals surface area contributed by atoms with E-state index >= 15 is 0 Å². The maximum Gasteiger partial charge on any atom is 0.242 e. The molecule has 5 nitrogen and oxygen atoms in total. The first-order chi connectivity index (χ1) is 13.5. The van der Waals surface area contributed by atoms with Crippen molar-refractivity contribution < 1.29 is 19.0 Å². The van der Waals surface area contributed by atoms with Crippen LogP contribution in [0.5, 0.6) is 5.75 Å². The Bertz CT molecular complexity index is 876. The van der Waals surface area contributed by atoms with Crippen LogP contribution in [0.4, 0.5) is 4.39 Å². The average Bonchev–Trinajstić information content (AvgIpc) is 2.71. The van der Waals surface area contributed by atoms with E-state index in [4.69, 9.17) is 4.74 Å². The van der Waals surface area contributed by atoms with E-state index in [2.05, 4.69) is 0 Å². The van der Waals surface area contributed by atoms with Crippen molar-refractivity contribution in [1.29, 1.82) is 0 Å². The third-order valence-electron chi connectivity index (χ3n) is 4.59. The van der Waals surface area contributed by atoms with E-state index < -0.39 is 6.23 Å². The molecule has 1 heterocycles. The van der Waals surface area contributed by atoms with Crippen molar-refractivity contribution in [2.75, 3.05) is 20.7 Å². The van der Waals surface area contributed by atoms with Crippen LogP contribution in [-0.4, -0.2) is 47.7 Å². The smallest absolute Gasteiger partial charge is 0.242 e. The number of aliphatic hydroxyl groups is 1. The van der Waals surface area contributed by atoms with Crippen LogP contribution < -0.4 is 4.74 Å². The van der Waals surface area contributed by atoms with Crippen LogP contribution in [0.3, 0.4) is 0 Å². The van der Waals surface area contributed by atoms with Crippen molar-refractivity contribution in [3.63, 3.8) is 0 Å². The number of rotatable bonds is 6. The molecule has 0 fully saturated rings. The summed E-state index contributed by atoms with van der Waals surface area (Å²) in [6, 6.07) is 13.6. The van der Waals surface area contributed by atoms with Gasteiger partial charge < -0.3 is 19.6 Å². The molecule has 2 aromatic rings. The summed E-state index contributed by atoms with van der Waals surface area (Å²) in [6.07, 6.45) is 4.38. The fourth-order valence-corrected chi connectivity index (χ4v) is 2.92. The van der Waals surface area contributed by atoms with Gasteiger partial charge in [-0.1, -0.05) is 30.3 Å². The second-order valence-corrected chi connectivity index (χ2v) is 6.63. The number of methoxy groups -OCH3 is 1. The van der Waals surface area contributed by atoms with Crippen LogP contribution in [-0.2, 0) is 11.3 Å². The highest BCUT2D eigenvalue weighted by molar-refractivity contribution is 5.80. The van der Waals surface area contributed by atoms with Crippen molar-refractivity contribution >= 4 is 11.5 Å². The van der Waals surface area contributed by atoms with E-state index in [0.29, 0.717) is 6.54 Å². The fourth-order valence-electron chi connectivity index (χ4n) is 2.92. The number of ether oxygens (including phenoxy) is 1. The van der Waals surface area contributed by atoms with Gasteiger partial charge in [0.15, 0.2) is 0 Å². The maximum atomic E-state index is 13.0. The number of aliphatic hydroxyl groups excluding tert-OH is 1. The lowest BCUT2D eigenvalue weighted by Gasteiger charge is -2.29. The minimum Gasteiger partial charge on any atom is -0.497 e. The number of benzene rings is 2. The average molecular weight is 382 g/mol. The highest BCUT2D eigenvalue weighted by Gasteiger charge is 2.20. The number of nitrogens with zero attached hydrogens (tertiary/aromatic N) is 2. The van der Waals surface area contributed by atoms with Crippen molar-refractivity contribution in [1.82, 2.24) is 9.80 Å². The summed E-state index contributed by atoms with van der Waals surface area (Å²) >= 11 is 0. The Labute approximate surface area is 164 Å². The summed E-state index contributed by atoms with van der Waals surface area (Å²) in [5, 5.41) is 10.2. The summed E-state index contributed by atoms with van der Waals surface area (Å²) in [6.45, 7) is 0.400. The molecule has 0 aromatic heterocycles. The van der Waals surface area contributed by atoms with E-state index in [9.17, 15) is 14.3 Å². The van der Waals surface area contributed by atoms with Crippen molar-refractivity contribution in [2.45, 2.75) is 12.8 Å². The standard InChI is InChI=1S/C22H23FN2O3/c1-24(13-16-3-8-19(23)9-4-16)22(27)15-25-14-18(7-12-21(25)26)17-5-10-20(28-2)11-6-17/h3-12,14,21,26H,13,15H2,1-2H3. The number of carbonyl (C=O) groups is 1. The third kappa shape index (κ3) is 4.78. The molecular weight excluding hydrogens is 359 g/mol. The molecule has 3 rings (SSSR count). The minimum absolute atomic E-state index is 0.0306. The largest absolute Gasteiger partial charge is 0.497 e. The van der Waals surface area contributed by atoms with Gasteiger partial charge >= 0.3 is 0 Å². The molecule has 0 saturated carbocycles. The van der Waals surface area contributed by atoms with Crippen LogP contribution in [0.15, 0.2) is 66.9 Å². The Morgan fingerprint density at radius 1 is 1.18 bits per heavy atom. The summed E-state index contributed by atoms with van der Waals surface area (Å²) in [5.41, 5.74) is 2.69. The fraction of sp³-hybridized carbons (Fsp3) is 0.227. The SMILES string of the molecule is COc1ccc(C2=CN(CC(=O)N(C)Cc3ccc(F)cc3)C(O)C=C2)cc1. The number of carbonyl (C=O) groups excluding carboxylic acids is 1. The molecule has 2 aromatic carbocycles. The lowest BCUT2D eigenvalue weighted by atomic mass is 10.0. The number of amides is 1. The molecule has 6 heteroatoms. The first-order valence-corrected chi connectivity index (χ1v) is 8.93. The molecule has 0 bridgehead atoms. The number of likely N-dealkylation sites (N-methyl/N-ethyl adjacent to an activating group) is 1. The van der Waals surface area contributed by atoms with Gasteiger partial charge in [-0.2, -0.15) is 0 Å². The maximum absolute atomic E-state index is 13.0.